The first-order chi connectivity index (χ1) is 10.7. The Labute approximate surface area is 132 Å². The Kier molecular flexibility index (Phi) is 3.48. The van der Waals surface area contributed by atoms with Gasteiger partial charge in [0.25, 0.3) is 0 Å². The van der Waals surface area contributed by atoms with E-state index in [0.29, 0.717) is 0 Å². The van der Waals surface area contributed by atoms with E-state index in [0.717, 1.165) is 0 Å². The highest BCUT2D eigenvalue weighted by Gasteiger charge is 2.93. The fourth-order valence-corrected chi connectivity index (χ4v) is 4.53. The summed E-state index contributed by atoms with van der Waals surface area (Å²) in [7, 11) is 0. The lowest BCUT2D eigenvalue weighted by atomic mass is 9.80. The fourth-order valence-electron chi connectivity index (χ4n) is 2.92. The fraction of sp³-hybridized carbons (Fsp3) is 0.250. The molecule has 1 heterocycles. The Morgan fingerprint density at radius 3 is 1.22 bits per heavy atom. The Bertz CT molecular complexity index is 637. The first kappa shape index (κ1) is 16.2. The van der Waals surface area contributed by atoms with Gasteiger partial charge in [0.15, 0.2) is 0 Å². The first-order valence-electron chi connectivity index (χ1n) is 6.61. The zero-order chi connectivity index (χ0) is 16.9. The molecule has 1 aliphatic rings. The van der Waals surface area contributed by atoms with Crippen LogP contribution in [0.15, 0.2) is 60.7 Å². The molecule has 1 fully saturated rings. The van der Waals surface area contributed by atoms with Crippen molar-refractivity contribution in [2.75, 3.05) is 0 Å². The second-order valence-corrected chi connectivity index (χ2v) is 6.62. The van der Waals surface area contributed by atoms with E-state index in [9.17, 15) is 26.3 Å². The predicted octanol–water partition coefficient (Wildman–Crippen LogP) is 5.54. The van der Waals surface area contributed by atoms with Gasteiger partial charge in [-0.1, -0.05) is 60.7 Å². The van der Waals surface area contributed by atoms with Crippen LogP contribution in [-0.2, 0) is 4.75 Å². The summed E-state index contributed by atoms with van der Waals surface area (Å²) in [6.07, 6.45) is -10.9. The molecule has 0 bridgehead atoms. The van der Waals surface area contributed by atoms with Gasteiger partial charge in [0.1, 0.15) is 0 Å². The first-order valence-corrected chi connectivity index (χ1v) is 7.43. The standard InChI is InChI=1S/C16H10F6S/c17-15(18,19)14(16(20,21)22)13(23-14,11-7-3-1-4-8-11)12-9-5-2-6-10-12/h1-10H. The number of benzene rings is 2. The molecule has 0 nitrogen and oxygen atoms in total. The van der Waals surface area contributed by atoms with Gasteiger partial charge in [-0.2, -0.15) is 26.3 Å². The SMILES string of the molecule is FC(F)(F)C1(C(F)(F)F)SC1(c1ccccc1)c1ccccc1. The molecule has 0 unspecified atom stereocenters. The molecule has 1 aliphatic heterocycles. The van der Waals surface area contributed by atoms with Crippen LogP contribution in [0.2, 0.25) is 0 Å². The number of alkyl halides is 6. The minimum Gasteiger partial charge on any atom is -0.169 e. The molecule has 0 spiro atoms. The Balaban J connectivity index is 2.29. The molecule has 122 valence electrons. The largest absolute Gasteiger partial charge is 0.414 e. The Morgan fingerprint density at radius 2 is 0.957 bits per heavy atom. The van der Waals surface area contributed by atoms with Crippen LogP contribution in [0.3, 0.4) is 0 Å². The average Bonchev–Trinajstić information content (AvgIpc) is 3.22. The molecular formula is C16H10F6S. The van der Waals surface area contributed by atoms with Crippen molar-refractivity contribution in [2.24, 2.45) is 0 Å². The maximum Gasteiger partial charge on any atom is 0.414 e. The summed E-state index contributed by atoms with van der Waals surface area (Å²) in [6.45, 7) is 0. The van der Waals surface area contributed by atoms with E-state index >= 15 is 0 Å². The second-order valence-electron chi connectivity index (χ2n) is 5.19. The van der Waals surface area contributed by atoms with Crippen molar-refractivity contribution in [2.45, 2.75) is 21.8 Å². The second kappa shape index (κ2) is 4.93. The zero-order valence-corrected chi connectivity index (χ0v) is 12.3. The molecule has 0 aromatic heterocycles. The van der Waals surface area contributed by atoms with Crippen molar-refractivity contribution in [3.63, 3.8) is 0 Å². The minimum atomic E-state index is -5.43. The van der Waals surface area contributed by atoms with Gasteiger partial charge >= 0.3 is 12.4 Å². The molecular weight excluding hydrogens is 338 g/mol. The van der Waals surface area contributed by atoms with E-state index in [-0.39, 0.29) is 22.9 Å². The number of hydrogen-bond donors (Lipinski definition) is 0. The van der Waals surface area contributed by atoms with Crippen LogP contribution in [0, 0.1) is 0 Å². The lowest BCUT2D eigenvalue weighted by Gasteiger charge is -2.28. The minimum absolute atomic E-state index is 0.00847. The molecule has 2 aromatic rings. The quantitative estimate of drug-likeness (QED) is 0.507. The highest BCUT2D eigenvalue weighted by atomic mass is 32.2. The monoisotopic (exact) mass is 348 g/mol. The van der Waals surface area contributed by atoms with Gasteiger partial charge < -0.3 is 0 Å². The van der Waals surface area contributed by atoms with Gasteiger partial charge in [-0.3, -0.25) is 0 Å². The van der Waals surface area contributed by atoms with Crippen LogP contribution >= 0.6 is 11.8 Å². The maximum absolute atomic E-state index is 13.5. The molecule has 0 aliphatic carbocycles. The summed E-state index contributed by atoms with van der Waals surface area (Å²) < 4.78 is 75.0. The highest BCUT2D eigenvalue weighted by molar-refractivity contribution is 8.09. The number of thioether (sulfide) groups is 1. The summed E-state index contributed by atoms with van der Waals surface area (Å²) in [5.41, 5.74) is -0.0169. The number of hydrogen-bond acceptors (Lipinski definition) is 1. The summed E-state index contributed by atoms with van der Waals surface area (Å²) in [5.74, 6) is 0. The lowest BCUT2D eigenvalue weighted by molar-refractivity contribution is -0.258. The summed E-state index contributed by atoms with van der Waals surface area (Å²) in [4.78, 5) is 0. The van der Waals surface area contributed by atoms with Crippen LogP contribution in [0.5, 0.6) is 0 Å². The van der Waals surface area contributed by atoms with Gasteiger partial charge in [-0.25, -0.2) is 0 Å². The molecule has 3 rings (SSSR count). The smallest absolute Gasteiger partial charge is 0.169 e. The van der Waals surface area contributed by atoms with Crippen molar-refractivity contribution < 1.29 is 26.3 Å². The predicted molar refractivity (Wildman–Crippen MR) is 76.1 cm³/mol. The van der Waals surface area contributed by atoms with Crippen LogP contribution in [0.4, 0.5) is 26.3 Å². The van der Waals surface area contributed by atoms with Crippen molar-refractivity contribution in [3.05, 3.63) is 71.8 Å². The van der Waals surface area contributed by atoms with Gasteiger partial charge in [-0.15, -0.1) is 11.8 Å². The van der Waals surface area contributed by atoms with E-state index < -0.39 is 21.8 Å². The van der Waals surface area contributed by atoms with E-state index in [1.54, 1.807) is 12.1 Å². The molecule has 0 N–H and O–H groups in total. The van der Waals surface area contributed by atoms with Crippen LogP contribution in [0.25, 0.3) is 0 Å². The van der Waals surface area contributed by atoms with E-state index in [1.165, 1.54) is 48.5 Å². The molecule has 0 radical (unpaired) electrons. The summed E-state index contributed by atoms with van der Waals surface area (Å²) in [5, 5.41) is 0. The molecule has 0 amide bonds. The zero-order valence-electron chi connectivity index (χ0n) is 11.4. The van der Waals surface area contributed by atoms with Crippen LogP contribution < -0.4 is 0 Å². The molecule has 1 saturated heterocycles. The molecule has 2 aromatic carbocycles. The molecule has 0 saturated carbocycles. The van der Waals surface area contributed by atoms with Gasteiger partial charge in [0, 0.05) is 0 Å². The average molecular weight is 348 g/mol. The molecule has 0 atom stereocenters. The summed E-state index contributed by atoms with van der Waals surface area (Å²) in [6, 6.07) is 14.1. The van der Waals surface area contributed by atoms with Crippen molar-refractivity contribution in [3.8, 4) is 0 Å². The Hall–Kier alpha value is -1.63. The third kappa shape index (κ3) is 2.09. The van der Waals surface area contributed by atoms with Crippen molar-refractivity contribution in [1.29, 1.82) is 0 Å². The normalized spacial score (nSPS) is 19.4. The van der Waals surface area contributed by atoms with Crippen LogP contribution in [-0.4, -0.2) is 17.1 Å². The number of halogens is 6. The van der Waals surface area contributed by atoms with E-state index in [2.05, 4.69) is 0 Å². The molecule has 23 heavy (non-hydrogen) atoms. The third-order valence-electron chi connectivity index (χ3n) is 3.92. The Morgan fingerprint density at radius 1 is 0.609 bits per heavy atom. The van der Waals surface area contributed by atoms with Gasteiger partial charge in [0.05, 0.1) is 4.75 Å². The number of rotatable bonds is 2. The van der Waals surface area contributed by atoms with Crippen molar-refractivity contribution >= 4 is 11.8 Å². The van der Waals surface area contributed by atoms with Crippen LogP contribution in [0.1, 0.15) is 11.1 Å². The highest BCUT2D eigenvalue weighted by Crippen LogP contribution is 2.82. The van der Waals surface area contributed by atoms with E-state index in [1.807, 2.05) is 0 Å². The third-order valence-corrected chi connectivity index (χ3v) is 5.87. The van der Waals surface area contributed by atoms with Gasteiger partial charge in [0.2, 0.25) is 4.75 Å². The topological polar surface area (TPSA) is 0 Å². The summed E-state index contributed by atoms with van der Waals surface area (Å²) >= 11 is -0.0984. The lowest BCUT2D eigenvalue weighted by Crippen LogP contribution is -2.50. The maximum atomic E-state index is 13.5. The molecule has 7 heteroatoms. The van der Waals surface area contributed by atoms with Gasteiger partial charge in [-0.05, 0) is 11.1 Å². The van der Waals surface area contributed by atoms with Crippen molar-refractivity contribution in [1.82, 2.24) is 0 Å². The van der Waals surface area contributed by atoms with E-state index in [4.69, 9.17) is 0 Å².